The van der Waals surface area contributed by atoms with Gasteiger partial charge in [-0.05, 0) is 28.8 Å². The number of hydrogen-bond donors (Lipinski definition) is 1. The molecule has 21 heavy (non-hydrogen) atoms. The largest absolute Gasteiger partial charge is 0.369 e. The van der Waals surface area contributed by atoms with Gasteiger partial charge in [0.2, 0.25) is 5.91 Å². The third-order valence-corrected chi connectivity index (χ3v) is 4.20. The van der Waals surface area contributed by atoms with Gasteiger partial charge in [-0.3, -0.25) is 9.00 Å². The van der Waals surface area contributed by atoms with Crippen molar-refractivity contribution in [3.05, 3.63) is 59.7 Å². The molecular weight excluding hydrogens is 284 g/mol. The maximum absolute atomic E-state index is 11.9. The predicted octanol–water partition coefficient (Wildman–Crippen LogP) is 1.96. The quantitative estimate of drug-likeness (QED) is 0.915. The van der Waals surface area contributed by atoms with E-state index in [1.54, 1.807) is 12.1 Å². The molecule has 0 aliphatic rings. The van der Waals surface area contributed by atoms with Crippen molar-refractivity contribution >= 4 is 16.7 Å². The SMILES string of the molecule is N#Cc1ccc(-c2ccccc2C[S@](=O)CC(N)=O)cc1. The maximum atomic E-state index is 11.9. The highest BCUT2D eigenvalue weighted by Crippen LogP contribution is 2.25. The van der Waals surface area contributed by atoms with Crippen LogP contribution in [-0.4, -0.2) is 15.9 Å². The van der Waals surface area contributed by atoms with E-state index in [9.17, 15) is 9.00 Å². The Morgan fingerprint density at radius 2 is 1.81 bits per heavy atom. The highest BCUT2D eigenvalue weighted by molar-refractivity contribution is 7.84. The zero-order chi connectivity index (χ0) is 15.2. The molecule has 4 nitrogen and oxygen atoms in total. The van der Waals surface area contributed by atoms with Gasteiger partial charge in [0, 0.05) is 16.6 Å². The first kappa shape index (κ1) is 14.9. The smallest absolute Gasteiger partial charge is 0.230 e. The Labute approximate surface area is 125 Å². The van der Waals surface area contributed by atoms with Crippen molar-refractivity contribution in [3.8, 4) is 17.2 Å². The Bertz CT molecular complexity index is 718. The van der Waals surface area contributed by atoms with E-state index in [0.717, 1.165) is 16.7 Å². The number of primary amides is 1. The van der Waals surface area contributed by atoms with Gasteiger partial charge in [-0.25, -0.2) is 0 Å². The number of rotatable bonds is 5. The van der Waals surface area contributed by atoms with Crippen molar-refractivity contribution in [2.45, 2.75) is 5.75 Å². The molecule has 0 aromatic heterocycles. The lowest BCUT2D eigenvalue weighted by Gasteiger charge is -2.09. The lowest BCUT2D eigenvalue weighted by atomic mass is 10.00. The molecule has 2 N–H and O–H groups in total. The zero-order valence-electron chi connectivity index (χ0n) is 11.3. The van der Waals surface area contributed by atoms with E-state index in [4.69, 9.17) is 11.0 Å². The molecule has 5 heteroatoms. The zero-order valence-corrected chi connectivity index (χ0v) is 12.1. The van der Waals surface area contributed by atoms with Gasteiger partial charge in [-0.2, -0.15) is 5.26 Å². The highest BCUT2D eigenvalue weighted by atomic mass is 32.2. The van der Waals surface area contributed by atoms with Gasteiger partial charge >= 0.3 is 0 Å². The van der Waals surface area contributed by atoms with Crippen molar-refractivity contribution in [1.82, 2.24) is 0 Å². The average Bonchev–Trinajstić information content (AvgIpc) is 2.47. The molecule has 0 saturated heterocycles. The molecule has 0 fully saturated rings. The van der Waals surface area contributed by atoms with Crippen LogP contribution >= 0.6 is 0 Å². The summed E-state index contributed by atoms with van der Waals surface area (Å²) in [7, 11) is -1.32. The maximum Gasteiger partial charge on any atom is 0.230 e. The van der Waals surface area contributed by atoms with Crippen LogP contribution in [-0.2, 0) is 21.3 Å². The van der Waals surface area contributed by atoms with Gasteiger partial charge in [-0.15, -0.1) is 0 Å². The molecule has 1 amide bonds. The van der Waals surface area contributed by atoms with Gasteiger partial charge in [-0.1, -0.05) is 36.4 Å². The first-order valence-corrected chi connectivity index (χ1v) is 7.80. The van der Waals surface area contributed by atoms with E-state index in [1.165, 1.54) is 0 Å². The fourth-order valence-electron chi connectivity index (χ4n) is 2.04. The minimum Gasteiger partial charge on any atom is -0.369 e. The molecule has 0 bridgehead atoms. The van der Waals surface area contributed by atoms with Crippen LogP contribution in [0.15, 0.2) is 48.5 Å². The van der Waals surface area contributed by atoms with Crippen molar-refractivity contribution in [2.75, 3.05) is 5.75 Å². The van der Waals surface area contributed by atoms with Crippen LogP contribution in [0.25, 0.3) is 11.1 Å². The Balaban J connectivity index is 2.30. The fraction of sp³-hybridized carbons (Fsp3) is 0.125. The number of hydrogen-bond acceptors (Lipinski definition) is 3. The molecule has 0 radical (unpaired) electrons. The molecule has 0 spiro atoms. The van der Waals surface area contributed by atoms with E-state index in [2.05, 4.69) is 6.07 Å². The molecule has 0 saturated carbocycles. The second-order valence-electron chi connectivity index (χ2n) is 4.54. The Kier molecular flexibility index (Phi) is 4.85. The summed E-state index contributed by atoms with van der Waals surface area (Å²) < 4.78 is 11.9. The highest BCUT2D eigenvalue weighted by Gasteiger charge is 2.10. The number of nitriles is 1. The van der Waals surface area contributed by atoms with E-state index >= 15 is 0 Å². The van der Waals surface area contributed by atoms with Crippen LogP contribution in [0.4, 0.5) is 0 Å². The standard InChI is InChI=1S/C16H14N2O2S/c17-9-12-5-7-13(8-6-12)15-4-2-1-3-14(15)10-21(20)11-16(18)19/h1-8H,10-11H2,(H2,18,19)/t21-/m0/s1. The number of carbonyl (C=O) groups excluding carboxylic acids is 1. The van der Waals surface area contributed by atoms with Gasteiger partial charge in [0.1, 0.15) is 5.75 Å². The predicted molar refractivity (Wildman–Crippen MR) is 82.5 cm³/mol. The molecule has 0 heterocycles. The second-order valence-corrected chi connectivity index (χ2v) is 6.00. The molecule has 0 aliphatic heterocycles. The van der Waals surface area contributed by atoms with Crippen molar-refractivity contribution in [3.63, 3.8) is 0 Å². The number of amides is 1. The third-order valence-electron chi connectivity index (χ3n) is 2.96. The number of nitrogens with two attached hydrogens (primary N) is 1. The summed E-state index contributed by atoms with van der Waals surface area (Å²) in [6.07, 6.45) is 0. The Hall–Kier alpha value is -2.45. The molecule has 2 aromatic carbocycles. The van der Waals surface area contributed by atoms with E-state index < -0.39 is 16.7 Å². The summed E-state index contributed by atoms with van der Waals surface area (Å²) in [5.74, 6) is -0.426. The lowest BCUT2D eigenvalue weighted by molar-refractivity contribution is -0.115. The van der Waals surface area contributed by atoms with Crippen LogP contribution < -0.4 is 5.73 Å². The molecular formula is C16H14N2O2S. The van der Waals surface area contributed by atoms with Crippen LogP contribution in [0.3, 0.4) is 0 Å². The number of benzene rings is 2. The van der Waals surface area contributed by atoms with E-state index in [-0.39, 0.29) is 11.5 Å². The first-order chi connectivity index (χ1) is 10.1. The minimum atomic E-state index is -1.32. The summed E-state index contributed by atoms with van der Waals surface area (Å²) >= 11 is 0. The summed E-state index contributed by atoms with van der Waals surface area (Å²) in [4.78, 5) is 10.8. The van der Waals surface area contributed by atoms with Gasteiger partial charge < -0.3 is 5.73 Å². The minimum absolute atomic E-state index is 0.137. The summed E-state index contributed by atoms with van der Waals surface area (Å²) in [5, 5.41) is 8.82. The van der Waals surface area contributed by atoms with Gasteiger partial charge in [0.15, 0.2) is 0 Å². The van der Waals surface area contributed by atoms with E-state index in [1.807, 2.05) is 36.4 Å². The Morgan fingerprint density at radius 1 is 1.14 bits per heavy atom. The van der Waals surface area contributed by atoms with Crippen molar-refractivity contribution < 1.29 is 9.00 Å². The van der Waals surface area contributed by atoms with Crippen molar-refractivity contribution in [1.29, 1.82) is 5.26 Å². The van der Waals surface area contributed by atoms with Crippen LogP contribution in [0.5, 0.6) is 0 Å². The summed E-state index contributed by atoms with van der Waals surface area (Å²) in [5.41, 5.74) is 8.44. The molecule has 2 rings (SSSR count). The van der Waals surface area contributed by atoms with Gasteiger partial charge in [0.05, 0.1) is 11.6 Å². The fourth-order valence-corrected chi connectivity index (χ4v) is 3.05. The van der Waals surface area contributed by atoms with Gasteiger partial charge in [0.25, 0.3) is 0 Å². The second kappa shape index (κ2) is 6.82. The number of nitrogens with zero attached hydrogens (tertiary/aromatic N) is 1. The topological polar surface area (TPSA) is 83.9 Å². The van der Waals surface area contributed by atoms with Crippen molar-refractivity contribution in [2.24, 2.45) is 5.73 Å². The normalized spacial score (nSPS) is 11.6. The molecule has 106 valence electrons. The number of carbonyl (C=O) groups is 1. The Morgan fingerprint density at radius 3 is 2.43 bits per heavy atom. The van der Waals surface area contributed by atoms with Crippen LogP contribution in [0.2, 0.25) is 0 Å². The first-order valence-electron chi connectivity index (χ1n) is 6.32. The molecule has 0 aliphatic carbocycles. The van der Waals surface area contributed by atoms with Crippen LogP contribution in [0, 0.1) is 11.3 Å². The monoisotopic (exact) mass is 298 g/mol. The van der Waals surface area contributed by atoms with E-state index in [0.29, 0.717) is 5.56 Å². The third kappa shape index (κ3) is 4.01. The summed E-state index contributed by atoms with van der Waals surface area (Å²) in [6.45, 7) is 0. The summed E-state index contributed by atoms with van der Waals surface area (Å²) in [6, 6.07) is 16.8. The average molecular weight is 298 g/mol. The molecule has 0 unspecified atom stereocenters. The molecule has 1 atom stereocenters. The molecule has 2 aromatic rings. The lowest BCUT2D eigenvalue weighted by Crippen LogP contribution is -2.20. The van der Waals surface area contributed by atoms with Crippen LogP contribution in [0.1, 0.15) is 11.1 Å².